The molecular formula is C27H48N4O5. The molecule has 5 atom stereocenters. The lowest BCUT2D eigenvalue weighted by Crippen LogP contribution is -2.57. The third-order valence-electron chi connectivity index (χ3n) is 6.58. The number of amides is 3. The Morgan fingerprint density at radius 1 is 1.06 bits per heavy atom. The highest BCUT2D eigenvalue weighted by atomic mass is 16.5. The van der Waals surface area contributed by atoms with Crippen LogP contribution in [-0.2, 0) is 23.9 Å². The first kappa shape index (κ1) is 31.6. The summed E-state index contributed by atoms with van der Waals surface area (Å²) in [5.41, 5.74) is 0. The number of likely N-dealkylation sites (N-methyl/N-ethyl adjacent to an activating group) is 1. The zero-order valence-electron chi connectivity index (χ0n) is 23.4. The molecule has 0 aromatic carbocycles. The maximum atomic E-state index is 13.2. The number of carbonyl (C=O) groups excluding carboxylic acids is 4. The van der Waals surface area contributed by atoms with Gasteiger partial charge in [-0.05, 0) is 44.6 Å². The Kier molecular flexibility index (Phi) is 13.7. The van der Waals surface area contributed by atoms with E-state index in [0.29, 0.717) is 31.7 Å². The van der Waals surface area contributed by atoms with Gasteiger partial charge in [-0.25, -0.2) is 4.79 Å². The van der Waals surface area contributed by atoms with Crippen LogP contribution in [0.5, 0.6) is 0 Å². The molecule has 0 bridgehead atoms. The summed E-state index contributed by atoms with van der Waals surface area (Å²) >= 11 is 0. The molecule has 0 aliphatic carbocycles. The molecule has 36 heavy (non-hydrogen) atoms. The van der Waals surface area contributed by atoms with E-state index in [2.05, 4.69) is 29.8 Å². The number of rotatable bonds is 14. The van der Waals surface area contributed by atoms with Crippen LogP contribution in [-0.4, -0.2) is 73.5 Å². The largest absolute Gasteiger partial charge is 0.467 e. The summed E-state index contributed by atoms with van der Waals surface area (Å²) < 4.78 is 4.80. The fourth-order valence-electron chi connectivity index (χ4n) is 4.47. The molecule has 206 valence electrons. The number of methoxy groups -OCH3 is 1. The van der Waals surface area contributed by atoms with E-state index < -0.39 is 30.0 Å². The maximum Gasteiger partial charge on any atom is 0.328 e. The lowest BCUT2D eigenvalue weighted by atomic mass is 10.0. The molecule has 0 aromatic rings. The second kappa shape index (κ2) is 15.6. The van der Waals surface area contributed by atoms with Gasteiger partial charge in [0.2, 0.25) is 17.7 Å². The first-order valence-electron chi connectivity index (χ1n) is 13.3. The molecule has 1 aliphatic heterocycles. The molecule has 0 aromatic heterocycles. The number of nitrogens with zero attached hydrogens (tertiary/aromatic N) is 1. The third kappa shape index (κ3) is 9.56. The molecular weight excluding hydrogens is 460 g/mol. The number of nitrogens with one attached hydrogen (secondary N) is 3. The fraction of sp³-hybridized carbons (Fsp3) is 0.778. The number of carbonyl (C=O) groups is 4. The Balaban J connectivity index is 2.89. The molecule has 3 N–H and O–H groups in total. The van der Waals surface area contributed by atoms with Gasteiger partial charge in [-0.1, -0.05) is 60.1 Å². The van der Waals surface area contributed by atoms with E-state index in [0.717, 1.165) is 12.8 Å². The van der Waals surface area contributed by atoms with Gasteiger partial charge in [0, 0.05) is 12.6 Å². The van der Waals surface area contributed by atoms with E-state index in [9.17, 15) is 19.2 Å². The van der Waals surface area contributed by atoms with E-state index in [-0.39, 0.29) is 29.7 Å². The van der Waals surface area contributed by atoms with Crippen molar-refractivity contribution in [3.8, 4) is 0 Å². The van der Waals surface area contributed by atoms with Gasteiger partial charge < -0.3 is 25.6 Å². The monoisotopic (exact) mass is 508 g/mol. The van der Waals surface area contributed by atoms with E-state index >= 15 is 0 Å². The lowest BCUT2D eigenvalue weighted by molar-refractivity contribution is -0.146. The van der Waals surface area contributed by atoms with Crippen LogP contribution in [0, 0.1) is 17.8 Å². The maximum absolute atomic E-state index is 13.2. The molecule has 9 nitrogen and oxygen atoms in total. The Morgan fingerprint density at radius 3 is 2.25 bits per heavy atom. The van der Waals surface area contributed by atoms with Crippen LogP contribution < -0.4 is 16.0 Å². The van der Waals surface area contributed by atoms with Crippen molar-refractivity contribution in [2.75, 3.05) is 20.7 Å². The molecule has 1 heterocycles. The van der Waals surface area contributed by atoms with Gasteiger partial charge in [0.05, 0.1) is 13.0 Å². The highest BCUT2D eigenvalue weighted by Crippen LogP contribution is 2.21. The highest BCUT2D eigenvalue weighted by Gasteiger charge is 2.38. The minimum atomic E-state index is -0.830. The number of esters is 1. The Labute approximate surface area is 217 Å². The van der Waals surface area contributed by atoms with Crippen LogP contribution >= 0.6 is 0 Å². The van der Waals surface area contributed by atoms with Gasteiger partial charge in [-0.15, -0.1) is 0 Å². The summed E-state index contributed by atoms with van der Waals surface area (Å²) in [5.74, 6) is -1.42. The van der Waals surface area contributed by atoms with Crippen LogP contribution in [0.1, 0.15) is 73.6 Å². The van der Waals surface area contributed by atoms with Crippen molar-refractivity contribution in [2.45, 2.75) is 97.8 Å². The second-order valence-corrected chi connectivity index (χ2v) is 10.5. The molecule has 3 amide bonds. The van der Waals surface area contributed by atoms with Gasteiger partial charge in [-0.2, -0.15) is 0 Å². The number of likely N-dealkylation sites (tertiary alicyclic amines) is 1. The number of hydrogen-bond acceptors (Lipinski definition) is 6. The summed E-state index contributed by atoms with van der Waals surface area (Å²) in [6, 6.07) is -2.03. The van der Waals surface area contributed by atoms with Crippen LogP contribution in [0.15, 0.2) is 12.2 Å². The minimum absolute atomic E-state index is 0.0949. The fourth-order valence-corrected chi connectivity index (χ4v) is 4.47. The van der Waals surface area contributed by atoms with Crippen LogP contribution in [0.3, 0.4) is 0 Å². The van der Waals surface area contributed by atoms with Gasteiger partial charge >= 0.3 is 5.97 Å². The van der Waals surface area contributed by atoms with Crippen molar-refractivity contribution >= 4 is 23.7 Å². The van der Waals surface area contributed by atoms with Crippen molar-refractivity contribution in [3.05, 3.63) is 12.2 Å². The molecule has 1 rings (SSSR count). The van der Waals surface area contributed by atoms with Crippen LogP contribution in [0.2, 0.25) is 0 Å². The van der Waals surface area contributed by atoms with E-state index in [1.165, 1.54) is 7.11 Å². The predicted molar refractivity (Wildman–Crippen MR) is 141 cm³/mol. The predicted octanol–water partition coefficient (Wildman–Crippen LogP) is 2.40. The lowest BCUT2D eigenvalue weighted by Gasteiger charge is -2.29. The van der Waals surface area contributed by atoms with Gasteiger partial charge in [0.15, 0.2) is 0 Å². The summed E-state index contributed by atoms with van der Waals surface area (Å²) in [7, 11) is 3.19. The van der Waals surface area contributed by atoms with Crippen molar-refractivity contribution in [1.82, 2.24) is 20.9 Å². The highest BCUT2D eigenvalue weighted by molar-refractivity contribution is 5.94. The molecule has 1 saturated heterocycles. The van der Waals surface area contributed by atoms with Gasteiger partial charge in [-0.3, -0.25) is 14.4 Å². The molecule has 0 radical (unpaired) electrons. The summed E-state index contributed by atoms with van der Waals surface area (Å²) in [6.07, 6.45) is 7.32. The normalized spacial score (nSPS) is 19.3. The summed E-state index contributed by atoms with van der Waals surface area (Å²) in [5, 5.41) is 8.82. The molecule has 0 saturated carbocycles. The molecule has 0 spiro atoms. The van der Waals surface area contributed by atoms with Crippen molar-refractivity contribution in [1.29, 1.82) is 0 Å². The quantitative estimate of drug-likeness (QED) is 0.245. The standard InChI is InChI=1S/C27H48N4O5/c1-9-11-21(27(35)36-8)29-25(33)23(18(4)5)30-24(32)22-12-10-15-31(22)26(34)19(6)13-14-20(28-7)16-17(2)3/h13-14,17-23,28H,9-12,15-16H2,1-8H3,(H,29,33)(H,30,32)/b14-13+/t19-,20+,21-,22?,23-/m0/s1. The minimum Gasteiger partial charge on any atom is -0.467 e. The van der Waals surface area contributed by atoms with Gasteiger partial charge in [0.25, 0.3) is 0 Å². The average Bonchev–Trinajstić information content (AvgIpc) is 3.32. The van der Waals surface area contributed by atoms with E-state index in [4.69, 9.17) is 4.74 Å². The SMILES string of the molecule is CCC[C@H](NC(=O)[C@@H](NC(=O)C1CCCN1C(=O)[C@@H](C)/C=C/[C@H](CC(C)C)NC)C(C)C)C(=O)OC. The Morgan fingerprint density at radius 2 is 1.72 bits per heavy atom. The van der Waals surface area contributed by atoms with E-state index in [1.54, 1.807) is 4.90 Å². The van der Waals surface area contributed by atoms with Crippen LogP contribution in [0.4, 0.5) is 0 Å². The summed E-state index contributed by atoms with van der Waals surface area (Å²) in [6.45, 7) is 12.2. The first-order chi connectivity index (χ1) is 17.0. The second-order valence-electron chi connectivity index (χ2n) is 10.5. The van der Waals surface area contributed by atoms with E-state index in [1.807, 2.05) is 46.9 Å². The topological polar surface area (TPSA) is 117 Å². The molecule has 9 heteroatoms. The first-order valence-corrected chi connectivity index (χ1v) is 13.3. The third-order valence-corrected chi connectivity index (χ3v) is 6.58. The number of hydrogen-bond donors (Lipinski definition) is 3. The average molecular weight is 509 g/mol. The van der Waals surface area contributed by atoms with Crippen LogP contribution in [0.25, 0.3) is 0 Å². The smallest absolute Gasteiger partial charge is 0.328 e. The molecule has 1 unspecified atom stereocenters. The molecule has 1 aliphatic rings. The Bertz CT molecular complexity index is 767. The van der Waals surface area contributed by atoms with Crippen molar-refractivity contribution < 1.29 is 23.9 Å². The Hall–Kier alpha value is -2.42. The number of ether oxygens (including phenoxy) is 1. The summed E-state index contributed by atoms with van der Waals surface area (Å²) in [4.78, 5) is 53.1. The zero-order valence-corrected chi connectivity index (χ0v) is 23.4. The molecule has 1 fully saturated rings. The van der Waals surface area contributed by atoms with Crippen molar-refractivity contribution in [3.63, 3.8) is 0 Å². The van der Waals surface area contributed by atoms with Crippen molar-refractivity contribution in [2.24, 2.45) is 17.8 Å². The zero-order chi connectivity index (χ0) is 27.4. The van der Waals surface area contributed by atoms with Gasteiger partial charge in [0.1, 0.15) is 18.1 Å².